The fraction of sp³-hybridized carbons (Fsp3) is 0.562. The second-order valence-electron chi connectivity index (χ2n) is 5.45. The van der Waals surface area contributed by atoms with Crippen LogP contribution in [0.25, 0.3) is 0 Å². The van der Waals surface area contributed by atoms with Crippen LogP contribution in [0, 0.1) is 0 Å². The van der Waals surface area contributed by atoms with Gasteiger partial charge in [0.2, 0.25) is 0 Å². The number of rotatable bonds is 7. The van der Waals surface area contributed by atoms with Crippen molar-refractivity contribution >= 4 is 11.6 Å². The van der Waals surface area contributed by atoms with Crippen molar-refractivity contribution in [2.24, 2.45) is 10.7 Å². The molecule has 0 saturated heterocycles. The third kappa shape index (κ3) is 6.04. The van der Waals surface area contributed by atoms with Crippen LogP contribution in [-0.4, -0.2) is 29.3 Å². The molecule has 1 aromatic carbocycles. The van der Waals surface area contributed by atoms with Crippen LogP contribution in [0.15, 0.2) is 29.3 Å². The number of nitrogens with zero attached hydrogens (tertiary/aromatic N) is 1. The maximum absolute atomic E-state index is 10.2. The van der Waals surface area contributed by atoms with Crippen molar-refractivity contribution in [3.05, 3.63) is 24.3 Å². The SMILES string of the molecule is CCC(O)(CC)CN=C(N)Nc1ccc(OC(C)C)cc1. The van der Waals surface area contributed by atoms with E-state index in [1.165, 1.54) is 0 Å². The van der Waals surface area contributed by atoms with E-state index < -0.39 is 5.60 Å². The standard InChI is InChI=1S/C16H27N3O2/c1-5-16(20,6-2)11-18-15(17)19-13-7-9-14(10-8-13)21-12(3)4/h7-10,12,20H,5-6,11H2,1-4H3,(H3,17,18,19). The van der Waals surface area contributed by atoms with Gasteiger partial charge in [-0.05, 0) is 51.0 Å². The lowest BCUT2D eigenvalue weighted by atomic mass is 9.98. The molecule has 21 heavy (non-hydrogen) atoms. The summed E-state index contributed by atoms with van der Waals surface area (Å²) in [5.74, 6) is 1.12. The number of ether oxygens (including phenoxy) is 1. The van der Waals surface area contributed by atoms with Gasteiger partial charge >= 0.3 is 0 Å². The molecule has 118 valence electrons. The Morgan fingerprint density at radius 3 is 2.33 bits per heavy atom. The van der Waals surface area contributed by atoms with Crippen LogP contribution in [0.1, 0.15) is 40.5 Å². The van der Waals surface area contributed by atoms with E-state index >= 15 is 0 Å². The van der Waals surface area contributed by atoms with Gasteiger partial charge in [0.1, 0.15) is 5.75 Å². The minimum atomic E-state index is -0.777. The zero-order valence-corrected chi connectivity index (χ0v) is 13.4. The van der Waals surface area contributed by atoms with E-state index in [1.54, 1.807) is 0 Å². The van der Waals surface area contributed by atoms with Crippen molar-refractivity contribution in [3.63, 3.8) is 0 Å². The molecule has 0 aliphatic rings. The number of aliphatic hydroxyl groups is 1. The Morgan fingerprint density at radius 1 is 1.29 bits per heavy atom. The first-order valence-corrected chi connectivity index (χ1v) is 7.44. The normalized spacial score (nSPS) is 12.6. The van der Waals surface area contributed by atoms with Gasteiger partial charge in [-0.2, -0.15) is 0 Å². The predicted octanol–water partition coefficient (Wildman–Crippen LogP) is 2.75. The molecule has 0 aliphatic heterocycles. The summed E-state index contributed by atoms with van der Waals surface area (Å²) in [6, 6.07) is 7.52. The Balaban J connectivity index is 2.60. The summed E-state index contributed by atoms with van der Waals surface area (Å²) >= 11 is 0. The Morgan fingerprint density at radius 2 is 1.86 bits per heavy atom. The van der Waals surface area contributed by atoms with Gasteiger partial charge in [-0.1, -0.05) is 13.8 Å². The van der Waals surface area contributed by atoms with Crippen molar-refractivity contribution < 1.29 is 9.84 Å². The summed E-state index contributed by atoms with van der Waals surface area (Å²) in [5, 5.41) is 13.2. The first kappa shape index (κ1) is 17.3. The highest BCUT2D eigenvalue weighted by Gasteiger charge is 2.21. The van der Waals surface area contributed by atoms with Gasteiger partial charge in [0.15, 0.2) is 5.96 Å². The first-order valence-electron chi connectivity index (χ1n) is 7.44. The van der Waals surface area contributed by atoms with Crippen LogP contribution < -0.4 is 15.8 Å². The summed E-state index contributed by atoms with van der Waals surface area (Å²) in [7, 11) is 0. The molecule has 0 saturated carbocycles. The summed E-state index contributed by atoms with van der Waals surface area (Å²) in [5.41, 5.74) is 5.90. The molecule has 1 aromatic rings. The molecule has 0 aromatic heterocycles. The predicted molar refractivity (Wildman–Crippen MR) is 87.8 cm³/mol. The van der Waals surface area contributed by atoms with Gasteiger partial charge in [-0.15, -0.1) is 0 Å². The van der Waals surface area contributed by atoms with Crippen molar-refractivity contribution in [3.8, 4) is 5.75 Å². The second kappa shape index (κ2) is 7.88. The molecule has 0 unspecified atom stereocenters. The summed E-state index contributed by atoms with van der Waals surface area (Å²) in [6.07, 6.45) is 1.46. The molecule has 0 atom stereocenters. The quantitative estimate of drug-likeness (QED) is 0.533. The van der Waals surface area contributed by atoms with E-state index in [9.17, 15) is 5.11 Å². The van der Waals surface area contributed by atoms with Gasteiger partial charge in [0.05, 0.1) is 18.2 Å². The largest absolute Gasteiger partial charge is 0.491 e. The topological polar surface area (TPSA) is 79.9 Å². The number of benzene rings is 1. The fourth-order valence-electron chi connectivity index (χ4n) is 1.78. The van der Waals surface area contributed by atoms with Crippen LogP contribution in [0.4, 0.5) is 5.69 Å². The van der Waals surface area contributed by atoms with Crippen LogP contribution in [-0.2, 0) is 0 Å². The molecule has 0 heterocycles. The number of aliphatic imine (C=N–C) groups is 1. The molecule has 5 nitrogen and oxygen atoms in total. The van der Waals surface area contributed by atoms with Gasteiger partial charge in [0.25, 0.3) is 0 Å². The van der Waals surface area contributed by atoms with Gasteiger partial charge < -0.3 is 20.9 Å². The highest BCUT2D eigenvalue weighted by Crippen LogP contribution is 2.17. The highest BCUT2D eigenvalue weighted by molar-refractivity contribution is 5.92. The zero-order valence-electron chi connectivity index (χ0n) is 13.4. The maximum Gasteiger partial charge on any atom is 0.193 e. The van der Waals surface area contributed by atoms with Crippen LogP contribution in [0.5, 0.6) is 5.75 Å². The van der Waals surface area contributed by atoms with Crippen LogP contribution in [0.2, 0.25) is 0 Å². The molecule has 0 bridgehead atoms. The average Bonchev–Trinajstić information content (AvgIpc) is 2.46. The Hall–Kier alpha value is -1.75. The van der Waals surface area contributed by atoms with Crippen molar-refractivity contribution in [2.45, 2.75) is 52.2 Å². The summed E-state index contributed by atoms with van der Waals surface area (Å²) in [6.45, 7) is 8.15. The van der Waals surface area contributed by atoms with Gasteiger partial charge in [0, 0.05) is 5.69 Å². The molecule has 5 heteroatoms. The van der Waals surface area contributed by atoms with E-state index in [0.717, 1.165) is 11.4 Å². The lowest BCUT2D eigenvalue weighted by Crippen LogP contribution is -2.33. The van der Waals surface area contributed by atoms with Crippen molar-refractivity contribution in [2.75, 3.05) is 11.9 Å². The smallest absolute Gasteiger partial charge is 0.193 e. The lowest BCUT2D eigenvalue weighted by Gasteiger charge is -2.22. The molecular weight excluding hydrogens is 266 g/mol. The third-order valence-corrected chi connectivity index (χ3v) is 3.36. The fourth-order valence-corrected chi connectivity index (χ4v) is 1.78. The number of nitrogens with one attached hydrogen (secondary N) is 1. The van der Waals surface area contributed by atoms with E-state index in [0.29, 0.717) is 25.3 Å². The summed E-state index contributed by atoms with van der Waals surface area (Å²) < 4.78 is 5.57. The number of nitrogens with two attached hydrogens (primary N) is 1. The number of guanidine groups is 1. The molecule has 0 fully saturated rings. The monoisotopic (exact) mass is 293 g/mol. The molecule has 4 N–H and O–H groups in total. The van der Waals surface area contributed by atoms with E-state index in [1.807, 2.05) is 52.0 Å². The van der Waals surface area contributed by atoms with Crippen LogP contribution >= 0.6 is 0 Å². The zero-order chi connectivity index (χ0) is 15.9. The average molecular weight is 293 g/mol. The van der Waals surface area contributed by atoms with Crippen molar-refractivity contribution in [1.29, 1.82) is 0 Å². The Labute approximate surface area is 127 Å². The van der Waals surface area contributed by atoms with E-state index in [2.05, 4.69) is 10.3 Å². The highest BCUT2D eigenvalue weighted by atomic mass is 16.5. The maximum atomic E-state index is 10.2. The molecule has 0 amide bonds. The number of anilines is 1. The van der Waals surface area contributed by atoms with E-state index in [-0.39, 0.29) is 6.10 Å². The van der Waals surface area contributed by atoms with Crippen molar-refractivity contribution in [1.82, 2.24) is 0 Å². The minimum Gasteiger partial charge on any atom is -0.491 e. The molecule has 0 aliphatic carbocycles. The number of hydrogen-bond donors (Lipinski definition) is 3. The molecule has 0 radical (unpaired) electrons. The Kier molecular flexibility index (Phi) is 6.49. The van der Waals surface area contributed by atoms with Crippen LogP contribution in [0.3, 0.4) is 0 Å². The Bertz CT molecular complexity index is 451. The molecule has 0 spiro atoms. The first-order chi connectivity index (χ1) is 9.88. The molecule has 1 rings (SSSR count). The summed E-state index contributed by atoms with van der Waals surface area (Å²) in [4.78, 5) is 4.21. The number of hydrogen-bond acceptors (Lipinski definition) is 3. The van der Waals surface area contributed by atoms with Gasteiger partial charge in [-0.25, -0.2) is 0 Å². The molecular formula is C16H27N3O2. The van der Waals surface area contributed by atoms with Gasteiger partial charge in [-0.3, -0.25) is 4.99 Å². The van der Waals surface area contributed by atoms with E-state index in [4.69, 9.17) is 10.5 Å². The lowest BCUT2D eigenvalue weighted by molar-refractivity contribution is 0.0419. The minimum absolute atomic E-state index is 0.149. The second-order valence-corrected chi connectivity index (χ2v) is 5.45. The third-order valence-electron chi connectivity index (χ3n) is 3.36.